The average molecular weight is 388 g/mol. The maximum atomic E-state index is 13.8. The van der Waals surface area contributed by atoms with Gasteiger partial charge in [0.25, 0.3) is 5.92 Å². The Morgan fingerprint density at radius 3 is 2.75 bits per heavy atom. The molecule has 0 bridgehead atoms. The maximum Gasteiger partial charge on any atom is 0.287 e. The molecule has 8 heteroatoms. The molecule has 1 saturated heterocycles. The van der Waals surface area contributed by atoms with Gasteiger partial charge in [-0.2, -0.15) is 8.78 Å². The minimum absolute atomic E-state index is 0.165. The molecule has 6 nitrogen and oxygen atoms in total. The second-order valence-corrected chi connectivity index (χ2v) is 7.52. The van der Waals surface area contributed by atoms with Gasteiger partial charge in [0.2, 0.25) is 5.91 Å². The van der Waals surface area contributed by atoms with Crippen molar-refractivity contribution in [3.05, 3.63) is 41.7 Å². The van der Waals surface area contributed by atoms with Crippen LogP contribution in [0.25, 0.3) is 0 Å². The normalized spacial score (nSPS) is 18.2. The molecule has 1 spiro atoms. The first kappa shape index (κ1) is 18.7. The van der Waals surface area contributed by atoms with Crippen molar-refractivity contribution in [2.75, 3.05) is 30.0 Å². The number of alkyl halides is 2. The summed E-state index contributed by atoms with van der Waals surface area (Å²) in [6, 6.07) is 6.45. The molecule has 2 aliphatic heterocycles. The molecular weight excluding hydrogens is 366 g/mol. The lowest BCUT2D eigenvalue weighted by Crippen LogP contribution is -2.37. The van der Waals surface area contributed by atoms with E-state index in [-0.39, 0.29) is 17.0 Å². The van der Waals surface area contributed by atoms with Crippen LogP contribution in [-0.2, 0) is 20.9 Å². The Morgan fingerprint density at radius 2 is 2.07 bits per heavy atom. The van der Waals surface area contributed by atoms with E-state index in [1.807, 2.05) is 4.90 Å². The lowest BCUT2D eigenvalue weighted by Gasteiger charge is -2.34. The van der Waals surface area contributed by atoms with Gasteiger partial charge in [0, 0.05) is 56.8 Å². The Kier molecular flexibility index (Phi) is 4.53. The Bertz CT molecular complexity index is 907. The molecule has 0 atom stereocenters. The van der Waals surface area contributed by atoms with E-state index >= 15 is 0 Å². The van der Waals surface area contributed by atoms with Gasteiger partial charge >= 0.3 is 0 Å². The predicted octanol–water partition coefficient (Wildman–Crippen LogP) is 3.75. The highest BCUT2D eigenvalue weighted by molar-refractivity contribution is 5.88. The number of pyridine rings is 2. The third-order valence-electron chi connectivity index (χ3n) is 5.42. The molecule has 1 amide bonds. The number of rotatable bonds is 3. The van der Waals surface area contributed by atoms with Crippen molar-refractivity contribution in [2.45, 2.75) is 38.0 Å². The van der Waals surface area contributed by atoms with Gasteiger partial charge in [-0.05, 0) is 25.0 Å². The molecule has 0 saturated carbocycles. The van der Waals surface area contributed by atoms with Crippen molar-refractivity contribution < 1.29 is 18.3 Å². The van der Waals surface area contributed by atoms with Crippen molar-refractivity contribution in [1.82, 2.24) is 9.97 Å². The van der Waals surface area contributed by atoms with E-state index in [2.05, 4.69) is 15.3 Å². The number of fused-ring (bicyclic) bond motifs is 2. The van der Waals surface area contributed by atoms with Crippen LogP contribution in [0.15, 0.2) is 30.5 Å². The number of carbonyl (C=O) groups excluding carboxylic acids is 1. The SMILES string of the molecule is CC(=O)Nc1cc2c(cn1)C1(CCOCC1)CN2c1cccc(C(C)(F)F)n1. The summed E-state index contributed by atoms with van der Waals surface area (Å²) in [6.45, 7) is 4.15. The molecule has 0 aliphatic carbocycles. The average Bonchev–Trinajstić information content (AvgIpc) is 2.95. The van der Waals surface area contributed by atoms with Gasteiger partial charge in [0.1, 0.15) is 17.3 Å². The van der Waals surface area contributed by atoms with Crippen LogP contribution in [0.1, 0.15) is 37.9 Å². The lowest BCUT2D eigenvalue weighted by atomic mass is 9.76. The van der Waals surface area contributed by atoms with Crippen LogP contribution in [0.3, 0.4) is 0 Å². The monoisotopic (exact) mass is 388 g/mol. The lowest BCUT2D eigenvalue weighted by molar-refractivity contribution is -0.114. The zero-order valence-electron chi connectivity index (χ0n) is 15.8. The first-order valence-electron chi connectivity index (χ1n) is 9.27. The first-order valence-corrected chi connectivity index (χ1v) is 9.27. The number of ether oxygens (including phenoxy) is 1. The molecule has 2 aromatic heterocycles. The van der Waals surface area contributed by atoms with Gasteiger partial charge in [-0.1, -0.05) is 6.07 Å². The number of nitrogens with zero attached hydrogens (tertiary/aromatic N) is 3. The van der Waals surface area contributed by atoms with Crippen LogP contribution < -0.4 is 10.2 Å². The standard InChI is InChI=1S/C20H22F2N4O2/c1-13(27)24-17-10-15-14(11-23-17)20(6-8-28-9-7-20)12-26(15)18-5-3-4-16(25-18)19(2,21)22/h3-5,10-11H,6-9,12H2,1-2H3,(H,23,24,27). The maximum absolute atomic E-state index is 13.8. The molecule has 0 unspecified atom stereocenters. The summed E-state index contributed by atoms with van der Waals surface area (Å²) in [4.78, 5) is 22.0. The summed E-state index contributed by atoms with van der Waals surface area (Å²) in [5.74, 6) is -2.35. The molecule has 2 aromatic rings. The van der Waals surface area contributed by atoms with E-state index < -0.39 is 5.92 Å². The number of amides is 1. The number of hydrogen-bond donors (Lipinski definition) is 1. The van der Waals surface area contributed by atoms with Crippen LogP contribution >= 0.6 is 0 Å². The van der Waals surface area contributed by atoms with E-state index in [0.29, 0.717) is 31.4 Å². The number of aromatic nitrogens is 2. The van der Waals surface area contributed by atoms with Crippen LogP contribution in [0.5, 0.6) is 0 Å². The topological polar surface area (TPSA) is 67.3 Å². The summed E-state index contributed by atoms with van der Waals surface area (Å²) >= 11 is 0. The van der Waals surface area contributed by atoms with Gasteiger partial charge in [0.05, 0.1) is 5.69 Å². The fourth-order valence-electron chi connectivity index (χ4n) is 4.01. The minimum Gasteiger partial charge on any atom is -0.381 e. The zero-order chi connectivity index (χ0) is 19.9. The van der Waals surface area contributed by atoms with Gasteiger partial charge in [0.15, 0.2) is 0 Å². The molecular formula is C20H22F2N4O2. The quantitative estimate of drug-likeness (QED) is 0.868. The van der Waals surface area contributed by atoms with Gasteiger partial charge < -0.3 is 15.0 Å². The molecule has 0 aromatic carbocycles. The van der Waals surface area contributed by atoms with E-state index in [0.717, 1.165) is 31.0 Å². The highest BCUT2D eigenvalue weighted by atomic mass is 19.3. The van der Waals surface area contributed by atoms with E-state index in [9.17, 15) is 13.6 Å². The molecule has 1 fully saturated rings. The second-order valence-electron chi connectivity index (χ2n) is 7.52. The Hall–Kier alpha value is -2.61. The smallest absolute Gasteiger partial charge is 0.287 e. The minimum atomic E-state index is -3.02. The summed E-state index contributed by atoms with van der Waals surface area (Å²) in [7, 11) is 0. The second kappa shape index (κ2) is 6.77. The third-order valence-corrected chi connectivity index (χ3v) is 5.42. The molecule has 0 radical (unpaired) electrons. The Balaban J connectivity index is 1.80. The van der Waals surface area contributed by atoms with Crippen molar-refractivity contribution >= 4 is 23.2 Å². The fraction of sp³-hybridized carbons (Fsp3) is 0.450. The summed E-state index contributed by atoms with van der Waals surface area (Å²) in [5.41, 5.74) is 1.45. The molecule has 4 rings (SSSR count). The highest BCUT2D eigenvalue weighted by Crippen LogP contribution is 2.49. The zero-order valence-corrected chi connectivity index (χ0v) is 15.8. The van der Waals surface area contributed by atoms with Gasteiger partial charge in [-0.15, -0.1) is 0 Å². The molecule has 148 valence electrons. The first-order chi connectivity index (χ1) is 13.3. The number of nitrogens with one attached hydrogen (secondary N) is 1. The Labute approximate surface area is 161 Å². The molecule has 4 heterocycles. The van der Waals surface area contributed by atoms with E-state index in [1.165, 1.54) is 13.0 Å². The molecule has 28 heavy (non-hydrogen) atoms. The van der Waals surface area contributed by atoms with Crippen LogP contribution in [0.4, 0.5) is 26.1 Å². The number of anilines is 3. The van der Waals surface area contributed by atoms with Crippen LogP contribution in [0.2, 0.25) is 0 Å². The summed E-state index contributed by atoms with van der Waals surface area (Å²) < 4.78 is 33.2. The van der Waals surface area contributed by atoms with Gasteiger partial charge in [-0.25, -0.2) is 9.97 Å². The van der Waals surface area contributed by atoms with Crippen molar-refractivity contribution in [2.24, 2.45) is 0 Å². The van der Waals surface area contributed by atoms with Crippen molar-refractivity contribution in [3.63, 3.8) is 0 Å². The largest absolute Gasteiger partial charge is 0.381 e. The molecule has 1 N–H and O–H groups in total. The van der Waals surface area contributed by atoms with E-state index in [4.69, 9.17) is 4.74 Å². The predicted molar refractivity (Wildman–Crippen MR) is 101 cm³/mol. The van der Waals surface area contributed by atoms with Gasteiger partial charge in [-0.3, -0.25) is 4.79 Å². The summed E-state index contributed by atoms with van der Waals surface area (Å²) in [5, 5.41) is 2.69. The number of halogens is 2. The third kappa shape index (κ3) is 3.32. The van der Waals surface area contributed by atoms with Crippen LogP contribution in [0, 0.1) is 0 Å². The highest BCUT2D eigenvalue weighted by Gasteiger charge is 2.45. The van der Waals surface area contributed by atoms with Crippen molar-refractivity contribution in [1.29, 1.82) is 0 Å². The van der Waals surface area contributed by atoms with Crippen molar-refractivity contribution in [3.8, 4) is 0 Å². The van der Waals surface area contributed by atoms with E-state index in [1.54, 1.807) is 24.4 Å². The number of hydrogen-bond acceptors (Lipinski definition) is 5. The summed E-state index contributed by atoms with van der Waals surface area (Å²) in [6.07, 6.45) is 3.42. The van der Waals surface area contributed by atoms with Crippen LogP contribution in [-0.4, -0.2) is 35.6 Å². The number of carbonyl (C=O) groups is 1. The Morgan fingerprint density at radius 1 is 1.32 bits per heavy atom. The fourth-order valence-corrected chi connectivity index (χ4v) is 4.01. The molecule has 2 aliphatic rings.